The zero-order valence-electron chi connectivity index (χ0n) is 12.0. The predicted molar refractivity (Wildman–Crippen MR) is 68.8 cm³/mol. The van der Waals surface area contributed by atoms with Gasteiger partial charge in [0.2, 0.25) is 0 Å². The summed E-state index contributed by atoms with van der Waals surface area (Å²) >= 11 is 0. The van der Waals surface area contributed by atoms with Crippen LogP contribution in [0.5, 0.6) is 0 Å². The third-order valence-electron chi connectivity index (χ3n) is 2.97. The van der Waals surface area contributed by atoms with Gasteiger partial charge < -0.3 is 14.8 Å². The van der Waals surface area contributed by atoms with Crippen molar-refractivity contribution < 1.29 is 9.47 Å². The highest BCUT2D eigenvalue weighted by atomic mass is 16.5. The molecule has 0 aromatic rings. The van der Waals surface area contributed by atoms with Crippen LogP contribution in [0.3, 0.4) is 0 Å². The van der Waals surface area contributed by atoms with Gasteiger partial charge in [0, 0.05) is 26.8 Å². The molecule has 1 N–H and O–H groups in total. The fourth-order valence-electron chi connectivity index (χ4n) is 1.67. The molecule has 0 spiro atoms. The van der Waals surface area contributed by atoms with Crippen LogP contribution in [-0.4, -0.2) is 39.5 Å². The molecule has 0 saturated carbocycles. The van der Waals surface area contributed by atoms with Gasteiger partial charge in [0.05, 0.1) is 12.7 Å². The van der Waals surface area contributed by atoms with Crippen LogP contribution in [0.15, 0.2) is 0 Å². The summed E-state index contributed by atoms with van der Waals surface area (Å²) in [6, 6.07) is 0.394. The van der Waals surface area contributed by atoms with Gasteiger partial charge in [-0.2, -0.15) is 0 Å². The van der Waals surface area contributed by atoms with Crippen molar-refractivity contribution in [2.75, 3.05) is 27.4 Å². The van der Waals surface area contributed by atoms with E-state index in [4.69, 9.17) is 9.47 Å². The molecule has 0 radical (unpaired) electrons. The second-order valence-corrected chi connectivity index (χ2v) is 5.80. The maximum absolute atomic E-state index is 5.52. The van der Waals surface area contributed by atoms with E-state index in [2.05, 4.69) is 39.9 Å². The summed E-state index contributed by atoms with van der Waals surface area (Å²) in [6.45, 7) is 12.6. The Balaban J connectivity index is 4.17. The Hall–Kier alpha value is -0.120. The van der Waals surface area contributed by atoms with Crippen LogP contribution in [0, 0.1) is 11.3 Å². The summed E-state index contributed by atoms with van der Waals surface area (Å²) in [4.78, 5) is 0. The molecule has 0 aromatic carbocycles. The topological polar surface area (TPSA) is 30.5 Å². The highest BCUT2D eigenvalue weighted by Crippen LogP contribution is 2.21. The number of ether oxygens (including phenoxy) is 2. The Morgan fingerprint density at radius 3 is 2.00 bits per heavy atom. The maximum atomic E-state index is 5.52. The molecule has 16 heavy (non-hydrogen) atoms. The highest BCUT2D eigenvalue weighted by molar-refractivity contribution is 4.79. The first kappa shape index (κ1) is 15.9. The average molecular weight is 231 g/mol. The van der Waals surface area contributed by atoms with E-state index in [9.17, 15) is 0 Å². The van der Waals surface area contributed by atoms with Gasteiger partial charge in [-0.25, -0.2) is 0 Å². The molecular weight excluding hydrogens is 202 g/mol. The monoisotopic (exact) mass is 231 g/mol. The quantitative estimate of drug-likeness (QED) is 0.729. The Labute approximate surface area is 101 Å². The standard InChI is InChI=1S/C13H29NO2/c1-10(2)11(9-15-6)14-8-12(16-7)13(3,4)5/h10-12,14H,8-9H2,1-7H3. The molecule has 98 valence electrons. The Kier molecular flexibility index (Phi) is 7.20. The summed E-state index contributed by atoms with van der Waals surface area (Å²) in [5, 5.41) is 3.53. The number of nitrogens with one attached hydrogen (secondary N) is 1. The van der Waals surface area contributed by atoms with E-state index in [-0.39, 0.29) is 11.5 Å². The van der Waals surface area contributed by atoms with Gasteiger partial charge in [0.1, 0.15) is 0 Å². The minimum atomic E-state index is 0.163. The van der Waals surface area contributed by atoms with E-state index < -0.39 is 0 Å². The van der Waals surface area contributed by atoms with E-state index in [0.717, 1.165) is 13.2 Å². The van der Waals surface area contributed by atoms with E-state index in [1.54, 1.807) is 14.2 Å². The lowest BCUT2D eigenvalue weighted by molar-refractivity contribution is 0.0117. The molecule has 0 fully saturated rings. The second-order valence-electron chi connectivity index (χ2n) is 5.80. The van der Waals surface area contributed by atoms with Crippen LogP contribution >= 0.6 is 0 Å². The molecule has 2 unspecified atom stereocenters. The first-order valence-corrected chi connectivity index (χ1v) is 6.08. The van der Waals surface area contributed by atoms with Crippen molar-refractivity contribution in [2.24, 2.45) is 11.3 Å². The van der Waals surface area contributed by atoms with Gasteiger partial charge in [-0.05, 0) is 11.3 Å². The first-order valence-electron chi connectivity index (χ1n) is 6.08. The molecule has 0 bridgehead atoms. The van der Waals surface area contributed by atoms with Crippen LogP contribution in [0.25, 0.3) is 0 Å². The van der Waals surface area contributed by atoms with E-state index in [0.29, 0.717) is 12.0 Å². The van der Waals surface area contributed by atoms with Gasteiger partial charge in [-0.15, -0.1) is 0 Å². The molecular formula is C13H29NO2. The normalized spacial score (nSPS) is 16.5. The maximum Gasteiger partial charge on any atom is 0.0743 e. The summed E-state index contributed by atoms with van der Waals surface area (Å²) < 4.78 is 10.7. The highest BCUT2D eigenvalue weighted by Gasteiger charge is 2.25. The summed E-state index contributed by atoms with van der Waals surface area (Å²) in [5.41, 5.74) is 0.163. The van der Waals surface area contributed by atoms with Crippen LogP contribution in [0.2, 0.25) is 0 Å². The van der Waals surface area contributed by atoms with Crippen molar-refractivity contribution in [1.82, 2.24) is 5.32 Å². The van der Waals surface area contributed by atoms with Gasteiger partial charge in [-0.3, -0.25) is 0 Å². The van der Waals surface area contributed by atoms with Crippen molar-refractivity contribution in [1.29, 1.82) is 0 Å². The van der Waals surface area contributed by atoms with E-state index >= 15 is 0 Å². The van der Waals surface area contributed by atoms with Crippen molar-refractivity contribution >= 4 is 0 Å². The molecule has 0 heterocycles. The number of hydrogen-bond donors (Lipinski definition) is 1. The van der Waals surface area contributed by atoms with Crippen molar-refractivity contribution in [3.63, 3.8) is 0 Å². The number of rotatable bonds is 7. The summed E-state index contributed by atoms with van der Waals surface area (Å²) in [5.74, 6) is 0.567. The molecule has 2 atom stereocenters. The lowest BCUT2D eigenvalue weighted by Gasteiger charge is -2.32. The minimum absolute atomic E-state index is 0.163. The second kappa shape index (κ2) is 7.25. The first-order chi connectivity index (χ1) is 7.32. The van der Waals surface area contributed by atoms with Gasteiger partial charge >= 0.3 is 0 Å². The Bertz CT molecular complexity index is 175. The lowest BCUT2D eigenvalue weighted by atomic mass is 9.88. The molecule has 0 aliphatic carbocycles. The molecule has 0 aliphatic heterocycles. The molecule has 3 heteroatoms. The van der Waals surface area contributed by atoms with E-state index in [1.165, 1.54) is 0 Å². The molecule has 0 rings (SSSR count). The summed E-state index contributed by atoms with van der Waals surface area (Å²) in [6.07, 6.45) is 0.227. The largest absolute Gasteiger partial charge is 0.383 e. The molecule has 0 amide bonds. The zero-order valence-corrected chi connectivity index (χ0v) is 12.0. The molecule has 3 nitrogen and oxygen atoms in total. The van der Waals surface area contributed by atoms with Gasteiger partial charge in [0.15, 0.2) is 0 Å². The molecule has 0 aliphatic rings. The zero-order chi connectivity index (χ0) is 12.8. The fourth-order valence-corrected chi connectivity index (χ4v) is 1.67. The SMILES string of the molecule is COCC(NCC(OC)C(C)(C)C)C(C)C. The Morgan fingerprint density at radius 1 is 1.12 bits per heavy atom. The third-order valence-corrected chi connectivity index (χ3v) is 2.97. The smallest absolute Gasteiger partial charge is 0.0743 e. The fraction of sp³-hybridized carbons (Fsp3) is 1.00. The number of hydrogen-bond acceptors (Lipinski definition) is 3. The lowest BCUT2D eigenvalue weighted by Crippen LogP contribution is -2.45. The van der Waals surface area contributed by atoms with Gasteiger partial charge in [0.25, 0.3) is 0 Å². The Morgan fingerprint density at radius 2 is 1.69 bits per heavy atom. The van der Waals surface area contributed by atoms with Gasteiger partial charge in [-0.1, -0.05) is 34.6 Å². The van der Waals surface area contributed by atoms with Crippen LogP contribution < -0.4 is 5.32 Å². The molecule has 0 aromatic heterocycles. The van der Waals surface area contributed by atoms with Crippen molar-refractivity contribution in [3.05, 3.63) is 0 Å². The van der Waals surface area contributed by atoms with Crippen LogP contribution in [-0.2, 0) is 9.47 Å². The third kappa shape index (κ3) is 5.83. The molecule has 0 saturated heterocycles. The average Bonchev–Trinajstić information content (AvgIpc) is 2.14. The van der Waals surface area contributed by atoms with Crippen LogP contribution in [0.4, 0.5) is 0 Å². The number of methoxy groups -OCH3 is 2. The van der Waals surface area contributed by atoms with E-state index in [1.807, 2.05) is 0 Å². The van der Waals surface area contributed by atoms with Crippen molar-refractivity contribution in [3.8, 4) is 0 Å². The minimum Gasteiger partial charge on any atom is -0.383 e. The van der Waals surface area contributed by atoms with Crippen LogP contribution in [0.1, 0.15) is 34.6 Å². The summed E-state index contributed by atoms with van der Waals surface area (Å²) in [7, 11) is 3.52. The predicted octanol–water partition coefficient (Wildman–Crippen LogP) is 2.31. The van der Waals surface area contributed by atoms with Crippen molar-refractivity contribution in [2.45, 2.75) is 46.8 Å².